The molecule has 3 aromatic carbocycles. The van der Waals surface area contributed by atoms with E-state index in [0.717, 1.165) is 18.7 Å². The van der Waals surface area contributed by atoms with Crippen molar-refractivity contribution in [3.8, 4) is 11.5 Å². The van der Waals surface area contributed by atoms with Gasteiger partial charge < -0.3 is 19.3 Å². The predicted molar refractivity (Wildman–Crippen MR) is 129 cm³/mol. The summed E-state index contributed by atoms with van der Waals surface area (Å²) < 4.78 is 10.8. The van der Waals surface area contributed by atoms with Gasteiger partial charge in [0.05, 0.1) is 20.3 Å². The third-order valence-electron chi connectivity index (χ3n) is 6.21. The zero-order chi connectivity index (χ0) is 22.7. The van der Waals surface area contributed by atoms with E-state index in [-0.39, 0.29) is 18.0 Å². The van der Waals surface area contributed by atoms with E-state index in [4.69, 9.17) is 9.47 Å². The molecule has 0 N–H and O–H groups in total. The minimum atomic E-state index is -0.0351. The molecule has 0 spiro atoms. The van der Waals surface area contributed by atoms with Crippen molar-refractivity contribution in [2.45, 2.75) is 32.4 Å². The summed E-state index contributed by atoms with van der Waals surface area (Å²) in [6, 6.07) is 24.3. The maximum Gasteiger partial charge on any atom is 0.258 e. The molecule has 2 unspecified atom stereocenters. The number of rotatable bonds is 6. The van der Waals surface area contributed by atoms with Gasteiger partial charge in [0, 0.05) is 29.5 Å². The summed E-state index contributed by atoms with van der Waals surface area (Å²) in [5, 5.41) is 0. The lowest BCUT2D eigenvalue weighted by Gasteiger charge is -2.44. The van der Waals surface area contributed by atoms with Crippen LogP contribution in [0.25, 0.3) is 0 Å². The fourth-order valence-corrected chi connectivity index (χ4v) is 4.70. The van der Waals surface area contributed by atoms with Gasteiger partial charge in [0.1, 0.15) is 0 Å². The van der Waals surface area contributed by atoms with Gasteiger partial charge in [0.15, 0.2) is 11.5 Å². The molecule has 1 aliphatic rings. The van der Waals surface area contributed by atoms with Gasteiger partial charge in [-0.2, -0.15) is 0 Å². The molecule has 1 heterocycles. The lowest BCUT2D eigenvalue weighted by atomic mass is 9.89. The highest BCUT2D eigenvalue weighted by Gasteiger charge is 2.36. The molecule has 0 radical (unpaired) electrons. The number of nitrogens with zero attached hydrogens (tertiary/aromatic N) is 2. The first-order chi connectivity index (χ1) is 15.6. The number of amides is 1. The number of hydrogen-bond acceptors (Lipinski definition) is 4. The topological polar surface area (TPSA) is 42.0 Å². The number of methoxy groups -OCH3 is 2. The van der Waals surface area contributed by atoms with Crippen molar-refractivity contribution in [1.82, 2.24) is 0 Å². The number of hydrogen-bond donors (Lipinski definition) is 0. The molecule has 0 saturated heterocycles. The molecule has 5 heteroatoms. The largest absolute Gasteiger partial charge is 0.493 e. The van der Waals surface area contributed by atoms with Gasteiger partial charge in [0.25, 0.3) is 5.91 Å². The standard InChI is InChI=1S/C27H30N2O3/c1-5-28(21-11-7-6-8-12-21)24-17-19(2)29(23-14-10-9-13-22(23)24)27(30)20-15-16-25(31-3)26(18-20)32-4/h6-16,18-19,24H,5,17H2,1-4H3. The SMILES string of the molecule is CCN(c1ccccc1)C1CC(C)N(C(=O)c2ccc(OC)c(OC)c2)c2ccccc21. The highest BCUT2D eigenvalue weighted by atomic mass is 16.5. The molecule has 0 bridgehead atoms. The normalized spacial score (nSPS) is 17.4. The molecule has 3 aromatic rings. The maximum atomic E-state index is 13.7. The number of anilines is 2. The molecule has 0 aliphatic carbocycles. The summed E-state index contributed by atoms with van der Waals surface area (Å²) in [5.41, 5.74) is 3.91. The van der Waals surface area contributed by atoms with E-state index in [2.05, 4.69) is 61.2 Å². The zero-order valence-corrected chi connectivity index (χ0v) is 19.1. The summed E-state index contributed by atoms with van der Waals surface area (Å²) in [6.07, 6.45) is 0.846. The van der Waals surface area contributed by atoms with Crippen molar-refractivity contribution in [2.24, 2.45) is 0 Å². The van der Waals surface area contributed by atoms with Crippen molar-refractivity contribution in [3.05, 3.63) is 83.9 Å². The van der Waals surface area contributed by atoms with Crippen LogP contribution in [0.1, 0.15) is 42.2 Å². The second-order valence-corrected chi connectivity index (χ2v) is 8.03. The van der Waals surface area contributed by atoms with E-state index >= 15 is 0 Å². The average molecular weight is 431 g/mol. The first kappa shape index (κ1) is 21.8. The number of ether oxygens (including phenoxy) is 2. The van der Waals surface area contributed by atoms with E-state index in [0.29, 0.717) is 17.1 Å². The van der Waals surface area contributed by atoms with Crippen LogP contribution in [0, 0.1) is 0 Å². The average Bonchev–Trinajstić information content (AvgIpc) is 2.84. The Hall–Kier alpha value is -3.47. The lowest BCUT2D eigenvalue weighted by Crippen LogP contribution is -2.46. The quantitative estimate of drug-likeness (QED) is 0.502. The van der Waals surface area contributed by atoms with Gasteiger partial charge >= 0.3 is 0 Å². The Labute approximate surface area is 190 Å². The number of para-hydroxylation sites is 2. The van der Waals surface area contributed by atoms with Crippen molar-refractivity contribution in [1.29, 1.82) is 0 Å². The van der Waals surface area contributed by atoms with Crippen molar-refractivity contribution in [2.75, 3.05) is 30.6 Å². The van der Waals surface area contributed by atoms with Crippen LogP contribution in [0.3, 0.4) is 0 Å². The van der Waals surface area contributed by atoms with Gasteiger partial charge in [-0.25, -0.2) is 0 Å². The van der Waals surface area contributed by atoms with Gasteiger partial charge in [0.2, 0.25) is 0 Å². The first-order valence-corrected chi connectivity index (χ1v) is 11.0. The van der Waals surface area contributed by atoms with Crippen LogP contribution >= 0.6 is 0 Å². The lowest BCUT2D eigenvalue weighted by molar-refractivity contribution is 0.0973. The van der Waals surface area contributed by atoms with Crippen LogP contribution in [0.5, 0.6) is 11.5 Å². The van der Waals surface area contributed by atoms with Crippen LogP contribution in [0.15, 0.2) is 72.8 Å². The Morgan fingerprint density at radius 2 is 1.66 bits per heavy atom. The van der Waals surface area contributed by atoms with Crippen LogP contribution < -0.4 is 19.3 Å². The van der Waals surface area contributed by atoms with E-state index in [1.54, 1.807) is 32.4 Å². The fraction of sp³-hybridized carbons (Fsp3) is 0.296. The van der Waals surface area contributed by atoms with Crippen LogP contribution in [-0.2, 0) is 0 Å². The predicted octanol–water partition coefficient (Wildman–Crippen LogP) is 5.71. The number of carbonyl (C=O) groups is 1. The fourth-order valence-electron chi connectivity index (χ4n) is 4.70. The number of carbonyl (C=O) groups excluding carboxylic acids is 1. The summed E-state index contributed by atoms with van der Waals surface area (Å²) in [7, 11) is 3.17. The molecule has 1 aliphatic heterocycles. The third-order valence-corrected chi connectivity index (χ3v) is 6.21. The number of fused-ring (bicyclic) bond motifs is 1. The third kappa shape index (κ3) is 3.91. The molecule has 1 amide bonds. The second kappa shape index (κ2) is 9.35. The Morgan fingerprint density at radius 1 is 0.969 bits per heavy atom. The minimum Gasteiger partial charge on any atom is -0.493 e. The van der Waals surface area contributed by atoms with E-state index < -0.39 is 0 Å². The molecule has 166 valence electrons. The van der Waals surface area contributed by atoms with Crippen LogP contribution in [-0.4, -0.2) is 32.7 Å². The molecule has 0 fully saturated rings. The summed E-state index contributed by atoms with van der Waals surface area (Å²) >= 11 is 0. The number of benzene rings is 3. The summed E-state index contributed by atoms with van der Waals surface area (Å²) in [4.78, 5) is 18.0. The molecular weight excluding hydrogens is 400 g/mol. The minimum absolute atomic E-state index is 0.0351. The van der Waals surface area contributed by atoms with E-state index in [1.807, 2.05) is 17.0 Å². The Balaban J connectivity index is 1.73. The van der Waals surface area contributed by atoms with Gasteiger partial charge in [-0.1, -0.05) is 36.4 Å². The molecule has 32 heavy (non-hydrogen) atoms. The van der Waals surface area contributed by atoms with Gasteiger partial charge in [-0.3, -0.25) is 4.79 Å². The summed E-state index contributed by atoms with van der Waals surface area (Å²) in [5.74, 6) is 1.13. The molecule has 4 rings (SSSR count). The van der Waals surface area contributed by atoms with Crippen molar-refractivity contribution >= 4 is 17.3 Å². The first-order valence-electron chi connectivity index (χ1n) is 11.0. The Bertz CT molecular complexity index is 1080. The van der Waals surface area contributed by atoms with Gasteiger partial charge in [-0.05, 0) is 62.2 Å². The molecular formula is C27H30N2O3. The highest BCUT2D eigenvalue weighted by molar-refractivity contribution is 6.07. The zero-order valence-electron chi connectivity index (χ0n) is 19.1. The Morgan fingerprint density at radius 3 is 2.34 bits per heavy atom. The van der Waals surface area contributed by atoms with Crippen molar-refractivity contribution in [3.63, 3.8) is 0 Å². The monoisotopic (exact) mass is 430 g/mol. The second-order valence-electron chi connectivity index (χ2n) is 8.03. The molecule has 2 atom stereocenters. The molecule has 0 saturated carbocycles. The van der Waals surface area contributed by atoms with E-state index in [1.165, 1.54) is 11.3 Å². The smallest absolute Gasteiger partial charge is 0.258 e. The van der Waals surface area contributed by atoms with E-state index in [9.17, 15) is 4.79 Å². The van der Waals surface area contributed by atoms with Crippen LogP contribution in [0.4, 0.5) is 11.4 Å². The maximum absolute atomic E-state index is 13.7. The van der Waals surface area contributed by atoms with Crippen molar-refractivity contribution < 1.29 is 14.3 Å². The molecule has 5 nitrogen and oxygen atoms in total. The summed E-state index contributed by atoms with van der Waals surface area (Å²) in [6.45, 7) is 5.20. The highest BCUT2D eigenvalue weighted by Crippen LogP contribution is 2.42. The Kier molecular flexibility index (Phi) is 6.35. The molecule has 0 aromatic heterocycles. The van der Waals surface area contributed by atoms with Crippen LogP contribution in [0.2, 0.25) is 0 Å². The van der Waals surface area contributed by atoms with Gasteiger partial charge in [-0.15, -0.1) is 0 Å².